The summed E-state index contributed by atoms with van der Waals surface area (Å²) in [5, 5.41) is 4.10. The molecule has 0 bridgehead atoms. The Kier molecular flexibility index (Phi) is 8.35. The normalized spacial score (nSPS) is 9.83. The number of nitrogens with one attached hydrogen (secondary N) is 1. The topological polar surface area (TPSA) is 87.5 Å². The number of rotatable bonds is 6. The lowest BCUT2D eigenvalue weighted by Crippen LogP contribution is -2.15. The van der Waals surface area contributed by atoms with Crippen LogP contribution in [0.3, 0.4) is 0 Å². The molecular weight excluding hydrogens is 392 g/mol. The van der Waals surface area contributed by atoms with E-state index in [2.05, 4.69) is 27.6 Å². The molecule has 0 aliphatic rings. The van der Waals surface area contributed by atoms with E-state index < -0.39 is 0 Å². The van der Waals surface area contributed by atoms with Gasteiger partial charge < -0.3 is 14.2 Å². The number of thiol groups is 1. The van der Waals surface area contributed by atoms with Crippen LogP contribution in [0.4, 0.5) is 0 Å². The quantitative estimate of drug-likeness (QED) is 0.601. The van der Waals surface area contributed by atoms with Gasteiger partial charge in [0.05, 0.1) is 27.9 Å². The van der Waals surface area contributed by atoms with Crippen LogP contribution in [0.2, 0.25) is 0 Å². The van der Waals surface area contributed by atoms with Gasteiger partial charge in [0, 0.05) is 24.0 Å². The summed E-state index contributed by atoms with van der Waals surface area (Å²) in [5.41, 5.74) is 2.22. The summed E-state index contributed by atoms with van der Waals surface area (Å²) in [6, 6.07) is 11.0. The van der Waals surface area contributed by atoms with Crippen LogP contribution in [-0.2, 0) is 6.54 Å². The number of pyridine rings is 1. The van der Waals surface area contributed by atoms with E-state index in [4.69, 9.17) is 14.2 Å². The van der Waals surface area contributed by atoms with Gasteiger partial charge >= 0.3 is 0 Å². The van der Waals surface area contributed by atoms with Crippen molar-refractivity contribution in [2.24, 2.45) is 0 Å². The van der Waals surface area contributed by atoms with Crippen LogP contribution in [0.25, 0.3) is 0 Å². The summed E-state index contributed by atoms with van der Waals surface area (Å²) in [5.74, 6) is 1.72. The average Bonchev–Trinajstić information content (AvgIpc) is 3.27. The highest BCUT2D eigenvalue weighted by Gasteiger charge is 2.11. The summed E-state index contributed by atoms with van der Waals surface area (Å²) < 4.78 is 19.3. The maximum atomic E-state index is 11.4. The lowest BCUT2D eigenvalue weighted by Gasteiger charge is -2.09. The Morgan fingerprint density at radius 3 is 2.52 bits per heavy atom. The van der Waals surface area contributed by atoms with Crippen molar-refractivity contribution < 1.29 is 19.0 Å². The maximum Gasteiger partial charge on any atom is 0.279 e. The van der Waals surface area contributed by atoms with E-state index >= 15 is 0 Å². The van der Waals surface area contributed by atoms with Crippen LogP contribution in [0.1, 0.15) is 21.6 Å². The molecule has 0 fully saturated rings. The van der Waals surface area contributed by atoms with Crippen molar-refractivity contribution >= 4 is 18.7 Å². The molecule has 0 unspecified atom stereocenters. The van der Waals surface area contributed by atoms with Gasteiger partial charge in [-0.05, 0) is 36.8 Å². The lowest BCUT2D eigenvalue weighted by atomic mass is 10.2. The minimum Gasteiger partial charge on any atom is -0.497 e. The molecule has 0 radical (unpaired) electrons. The number of aryl methyl sites for hydroxylation is 1. The van der Waals surface area contributed by atoms with Gasteiger partial charge in [-0.3, -0.25) is 14.2 Å². The molecule has 1 N–H and O–H groups in total. The number of hydrogen-bond acceptors (Lipinski definition) is 7. The predicted octanol–water partition coefficient (Wildman–Crippen LogP) is 2.92. The van der Waals surface area contributed by atoms with Crippen LogP contribution in [0, 0.1) is 6.92 Å². The fourth-order valence-electron chi connectivity index (χ4n) is 2.45. The molecule has 0 aliphatic heterocycles. The monoisotopic (exact) mass is 416 g/mol. The molecule has 9 heteroatoms. The Bertz CT molecular complexity index is 932. The number of nitrogens with zero attached hydrogens (tertiary/aromatic N) is 3. The van der Waals surface area contributed by atoms with Crippen LogP contribution in [-0.4, -0.2) is 42.0 Å². The molecule has 1 aromatic carbocycles. The Labute approximate surface area is 175 Å². The van der Waals surface area contributed by atoms with Crippen LogP contribution in [0.15, 0.2) is 48.8 Å². The molecular formula is C20H24N4O4S. The maximum absolute atomic E-state index is 11.4. The van der Waals surface area contributed by atoms with Crippen molar-refractivity contribution in [2.45, 2.75) is 13.5 Å². The Hall–Kier alpha value is -3.20. The van der Waals surface area contributed by atoms with E-state index in [9.17, 15) is 4.79 Å². The van der Waals surface area contributed by atoms with Crippen LogP contribution in [0.5, 0.6) is 17.4 Å². The second kappa shape index (κ2) is 11.0. The number of aromatic nitrogens is 3. The molecule has 154 valence electrons. The van der Waals surface area contributed by atoms with E-state index in [1.807, 2.05) is 37.4 Å². The highest BCUT2D eigenvalue weighted by molar-refractivity contribution is 7.78. The molecule has 0 spiro atoms. The molecule has 0 aliphatic carbocycles. The molecule has 2 heterocycles. The molecule has 0 saturated carbocycles. The fraction of sp³-hybridized carbons (Fsp3) is 0.250. The van der Waals surface area contributed by atoms with Gasteiger partial charge in [-0.1, -0.05) is 18.9 Å². The standard InChI is InChI=1S/C11H12N4O2S.C9H12O2/c1-17-11-8(7-15-6-2-5-12-15)3-4-9(13-11)10(16)14-18;1-7-4-5-8(10-2)6-9(7)11-3/h2-6,18H,7H2,1H3,(H,14,16);4-6H,1-3H3. The molecule has 1 amide bonds. The number of carbonyl (C=O) groups is 1. The third-order valence-corrected chi connectivity index (χ3v) is 4.18. The number of carbonyl (C=O) groups excluding carboxylic acids is 1. The SMILES string of the molecule is COc1ccc(C)c(OC)c1.COc1nc(C(=O)NS)ccc1Cn1cccn1. The second-order valence-electron chi connectivity index (χ2n) is 5.85. The minimum absolute atomic E-state index is 0.256. The van der Waals surface area contributed by atoms with Gasteiger partial charge in [0.1, 0.15) is 17.2 Å². The summed E-state index contributed by atoms with van der Waals surface area (Å²) in [4.78, 5) is 15.5. The second-order valence-corrected chi connectivity index (χ2v) is 6.07. The zero-order valence-corrected chi connectivity index (χ0v) is 17.6. The molecule has 0 saturated heterocycles. The number of ether oxygens (including phenoxy) is 3. The van der Waals surface area contributed by atoms with Gasteiger partial charge in [-0.25, -0.2) is 4.98 Å². The lowest BCUT2D eigenvalue weighted by molar-refractivity contribution is 0.0979. The zero-order valence-electron chi connectivity index (χ0n) is 16.7. The smallest absolute Gasteiger partial charge is 0.279 e. The van der Waals surface area contributed by atoms with Crippen molar-refractivity contribution in [3.63, 3.8) is 0 Å². The van der Waals surface area contributed by atoms with Crippen LogP contribution >= 0.6 is 12.8 Å². The van der Waals surface area contributed by atoms with Gasteiger partial charge in [0.25, 0.3) is 5.91 Å². The van der Waals surface area contributed by atoms with E-state index in [0.717, 1.165) is 22.6 Å². The molecule has 8 nitrogen and oxygen atoms in total. The Morgan fingerprint density at radius 2 is 1.93 bits per heavy atom. The average molecular weight is 417 g/mol. The zero-order chi connectivity index (χ0) is 21.2. The first-order chi connectivity index (χ1) is 14.0. The number of benzene rings is 1. The van der Waals surface area contributed by atoms with Crippen LogP contribution < -0.4 is 18.9 Å². The predicted molar refractivity (Wildman–Crippen MR) is 113 cm³/mol. The molecule has 3 aromatic rings. The van der Waals surface area contributed by atoms with E-state index in [1.165, 1.54) is 7.11 Å². The third kappa shape index (κ3) is 6.15. The highest BCUT2D eigenvalue weighted by atomic mass is 32.1. The first kappa shape index (κ1) is 22.1. The highest BCUT2D eigenvalue weighted by Crippen LogP contribution is 2.23. The summed E-state index contributed by atoms with van der Waals surface area (Å²) in [7, 11) is 4.81. The first-order valence-corrected chi connectivity index (χ1v) is 9.11. The largest absolute Gasteiger partial charge is 0.497 e. The van der Waals surface area contributed by atoms with Gasteiger partial charge in [0.15, 0.2) is 0 Å². The summed E-state index contributed by atoms with van der Waals surface area (Å²) >= 11 is 3.69. The third-order valence-electron chi connectivity index (χ3n) is 3.97. The number of methoxy groups -OCH3 is 3. The molecule has 3 rings (SSSR count). The summed E-state index contributed by atoms with van der Waals surface area (Å²) in [6.07, 6.45) is 3.54. The number of amides is 1. The van der Waals surface area contributed by atoms with Crippen molar-refractivity contribution in [3.8, 4) is 17.4 Å². The molecule has 0 atom stereocenters. The van der Waals surface area contributed by atoms with Crippen molar-refractivity contribution in [1.82, 2.24) is 19.5 Å². The first-order valence-electron chi connectivity index (χ1n) is 8.66. The minimum atomic E-state index is -0.373. The van der Waals surface area contributed by atoms with Crippen molar-refractivity contribution in [3.05, 3.63) is 65.6 Å². The van der Waals surface area contributed by atoms with Gasteiger partial charge in [0.2, 0.25) is 5.88 Å². The molecule has 2 aromatic heterocycles. The fourth-order valence-corrected chi connectivity index (χ4v) is 2.56. The van der Waals surface area contributed by atoms with E-state index in [-0.39, 0.29) is 11.6 Å². The van der Waals surface area contributed by atoms with Gasteiger partial charge in [-0.2, -0.15) is 5.10 Å². The van der Waals surface area contributed by atoms with Crippen molar-refractivity contribution in [1.29, 1.82) is 0 Å². The van der Waals surface area contributed by atoms with E-state index in [1.54, 1.807) is 37.2 Å². The summed E-state index contributed by atoms with van der Waals surface area (Å²) in [6.45, 7) is 2.53. The Balaban J connectivity index is 0.000000234. The van der Waals surface area contributed by atoms with Gasteiger partial charge in [-0.15, -0.1) is 0 Å². The van der Waals surface area contributed by atoms with Crippen molar-refractivity contribution in [2.75, 3.05) is 21.3 Å². The number of hydrogen-bond donors (Lipinski definition) is 2. The Morgan fingerprint density at radius 1 is 1.14 bits per heavy atom. The van der Waals surface area contributed by atoms with E-state index in [0.29, 0.717) is 12.4 Å². The molecule has 29 heavy (non-hydrogen) atoms.